The second-order valence-electron chi connectivity index (χ2n) is 6.04. The molecule has 1 aromatic rings. The fourth-order valence-electron chi connectivity index (χ4n) is 2.97. The monoisotopic (exact) mass is 296 g/mol. The highest BCUT2D eigenvalue weighted by molar-refractivity contribution is 9.10. The maximum atomic E-state index is 3.56. The van der Waals surface area contributed by atoms with Gasteiger partial charge in [-0.15, -0.1) is 0 Å². The van der Waals surface area contributed by atoms with Crippen LogP contribution in [-0.4, -0.2) is 24.2 Å². The number of hydrogen-bond acceptors (Lipinski definition) is 2. The van der Waals surface area contributed by atoms with Crippen molar-refractivity contribution in [3.63, 3.8) is 0 Å². The molecule has 1 fully saturated rings. The normalized spacial score (nSPS) is 22.5. The lowest BCUT2D eigenvalue weighted by molar-refractivity contribution is 0.263. The Morgan fingerprint density at radius 1 is 1.12 bits per heavy atom. The minimum Gasteiger partial charge on any atom is -0.359 e. The molecule has 1 saturated heterocycles. The molecule has 1 aromatic carbocycles. The highest BCUT2D eigenvalue weighted by Crippen LogP contribution is 2.35. The summed E-state index contributed by atoms with van der Waals surface area (Å²) >= 11 is 3.56. The number of rotatable bonds is 1. The van der Waals surface area contributed by atoms with Crippen molar-refractivity contribution >= 4 is 21.6 Å². The van der Waals surface area contributed by atoms with E-state index in [4.69, 9.17) is 0 Å². The third kappa shape index (κ3) is 2.50. The Kier molecular flexibility index (Phi) is 3.25. The average Bonchev–Trinajstić information content (AvgIpc) is 2.14. The summed E-state index contributed by atoms with van der Waals surface area (Å²) in [5.41, 5.74) is 1.54. The SMILES string of the molecule is CC1(C)CNCC(C)(C)N1c1cccc(Br)c1. The van der Waals surface area contributed by atoms with Crippen molar-refractivity contribution in [1.29, 1.82) is 0 Å². The van der Waals surface area contributed by atoms with Crippen molar-refractivity contribution in [2.45, 2.75) is 38.8 Å². The van der Waals surface area contributed by atoms with Gasteiger partial charge in [0.05, 0.1) is 0 Å². The maximum absolute atomic E-state index is 3.56. The molecule has 0 saturated carbocycles. The highest BCUT2D eigenvalue weighted by Gasteiger charge is 2.41. The molecule has 94 valence electrons. The summed E-state index contributed by atoms with van der Waals surface area (Å²) in [6, 6.07) is 8.58. The van der Waals surface area contributed by atoms with Gasteiger partial charge in [0.15, 0.2) is 0 Å². The summed E-state index contributed by atoms with van der Waals surface area (Å²) in [7, 11) is 0. The molecule has 1 N–H and O–H groups in total. The molecule has 3 heteroatoms. The predicted molar refractivity (Wildman–Crippen MR) is 77.6 cm³/mol. The lowest BCUT2D eigenvalue weighted by atomic mass is 9.88. The quantitative estimate of drug-likeness (QED) is 0.854. The van der Waals surface area contributed by atoms with Crippen molar-refractivity contribution in [3.8, 4) is 0 Å². The van der Waals surface area contributed by atoms with E-state index in [2.05, 4.69) is 78.1 Å². The molecular weight excluding hydrogens is 276 g/mol. The molecule has 1 aliphatic rings. The van der Waals surface area contributed by atoms with E-state index in [1.54, 1.807) is 0 Å². The van der Waals surface area contributed by atoms with Crippen LogP contribution < -0.4 is 10.2 Å². The number of anilines is 1. The van der Waals surface area contributed by atoms with Crippen LogP contribution in [0.4, 0.5) is 5.69 Å². The molecule has 2 rings (SSSR count). The van der Waals surface area contributed by atoms with Gasteiger partial charge in [-0.05, 0) is 45.9 Å². The topological polar surface area (TPSA) is 15.3 Å². The second kappa shape index (κ2) is 4.29. The standard InChI is InChI=1S/C14H21BrN2/c1-13(2)9-16-10-14(3,4)17(13)12-7-5-6-11(15)8-12/h5-8,16H,9-10H2,1-4H3. The van der Waals surface area contributed by atoms with Crippen LogP contribution in [0, 0.1) is 0 Å². The van der Waals surface area contributed by atoms with Crippen LogP contribution in [-0.2, 0) is 0 Å². The Hall–Kier alpha value is -0.540. The number of nitrogens with zero attached hydrogens (tertiary/aromatic N) is 1. The van der Waals surface area contributed by atoms with Crippen molar-refractivity contribution in [2.24, 2.45) is 0 Å². The number of benzene rings is 1. The Bertz CT molecular complexity index is 396. The van der Waals surface area contributed by atoms with E-state index in [0.717, 1.165) is 17.6 Å². The molecule has 0 atom stereocenters. The summed E-state index contributed by atoms with van der Waals surface area (Å²) in [6.45, 7) is 11.2. The number of halogens is 1. The van der Waals surface area contributed by atoms with Crippen LogP contribution in [0.3, 0.4) is 0 Å². The number of piperazine rings is 1. The fourth-order valence-corrected chi connectivity index (χ4v) is 3.35. The average molecular weight is 297 g/mol. The zero-order chi connectivity index (χ0) is 12.7. The van der Waals surface area contributed by atoms with Crippen LogP contribution >= 0.6 is 15.9 Å². The maximum Gasteiger partial charge on any atom is 0.0476 e. The molecule has 0 amide bonds. The van der Waals surface area contributed by atoms with Gasteiger partial charge in [0, 0.05) is 34.3 Å². The number of hydrogen-bond donors (Lipinski definition) is 1. The van der Waals surface area contributed by atoms with Crippen LogP contribution in [0.2, 0.25) is 0 Å². The summed E-state index contributed by atoms with van der Waals surface area (Å²) in [5.74, 6) is 0. The molecule has 0 spiro atoms. The first-order valence-electron chi connectivity index (χ1n) is 6.10. The zero-order valence-electron chi connectivity index (χ0n) is 11.0. The lowest BCUT2D eigenvalue weighted by Crippen LogP contribution is -2.68. The zero-order valence-corrected chi connectivity index (χ0v) is 12.6. The smallest absolute Gasteiger partial charge is 0.0476 e. The van der Waals surface area contributed by atoms with E-state index < -0.39 is 0 Å². The molecule has 0 aromatic heterocycles. The summed E-state index contributed by atoms with van der Waals surface area (Å²) < 4.78 is 1.14. The first kappa shape index (κ1) is 12.9. The summed E-state index contributed by atoms with van der Waals surface area (Å²) in [4.78, 5) is 2.53. The molecule has 0 unspecified atom stereocenters. The predicted octanol–water partition coefficient (Wildman–Crippen LogP) is 3.42. The molecule has 1 aliphatic heterocycles. The summed E-state index contributed by atoms with van der Waals surface area (Å²) in [6.07, 6.45) is 0. The van der Waals surface area contributed by atoms with Crippen LogP contribution in [0.25, 0.3) is 0 Å². The molecular formula is C14H21BrN2. The van der Waals surface area contributed by atoms with E-state index in [-0.39, 0.29) is 11.1 Å². The van der Waals surface area contributed by atoms with Gasteiger partial charge in [0.25, 0.3) is 0 Å². The van der Waals surface area contributed by atoms with Crippen molar-refractivity contribution < 1.29 is 0 Å². The van der Waals surface area contributed by atoms with Gasteiger partial charge < -0.3 is 10.2 Å². The fraction of sp³-hybridized carbons (Fsp3) is 0.571. The molecule has 2 nitrogen and oxygen atoms in total. The molecule has 0 bridgehead atoms. The van der Waals surface area contributed by atoms with E-state index in [0.29, 0.717) is 0 Å². The minimum absolute atomic E-state index is 0.128. The Labute approximate surface area is 113 Å². The first-order valence-corrected chi connectivity index (χ1v) is 6.89. The largest absolute Gasteiger partial charge is 0.359 e. The molecule has 1 heterocycles. The minimum atomic E-state index is 0.128. The molecule has 0 radical (unpaired) electrons. The molecule has 0 aliphatic carbocycles. The van der Waals surface area contributed by atoms with Crippen molar-refractivity contribution in [1.82, 2.24) is 5.32 Å². The van der Waals surface area contributed by atoms with Gasteiger partial charge in [-0.25, -0.2) is 0 Å². The van der Waals surface area contributed by atoms with Gasteiger partial charge in [-0.3, -0.25) is 0 Å². The summed E-state index contributed by atoms with van der Waals surface area (Å²) in [5, 5.41) is 3.53. The van der Waals surface area contributed by atoms with E-state index in [1.165, 1.54) is 5.69 Å². The Morgan fingerprint density at radius 3 is 2.24 bits per heavy atom. The highest BCUT2D eigenvalue weighted by atomic mass is 79.9. The second-order valence-corrected chi connectivity index (χ2v) is 6.96. The lowest BCUT2D eigenvalue weighted by Gasteiger charge is -2.54. The van der Waals surface area contributed by atoms with E-state index in [9.17, 15) is 0 Å². The number of nitrogens with one attached hydrogen (secondary N) is 1. The van der Waals surface area contributed by atoms with Crippen LogP contribution in [0.1, 0.15) is 27.7 Å². The third-order valence-electron chi connectivity index (χ3n) is 3.39. The van der Waals surface area contributed by atoms with Crippen LogP contribution in [0.5, 0.6) is 0 Å². The molecule has 17 heavy (non-hydrogen) atoms. The van der Waals surface area contributed by atoms with Crippen LogP contribution in [0.15, 0.2) is 28.7 Å². The first-order chi connectivity index (χ1) is 7.83. The third-order valence-corrected chi connectivity index (χ3v) is 3.89. The van der Waals surface area contributed by atoms with E-state index in [1.807, 2.05) is 0 Å². The van der Waals surface area contributed by atoms with Crippen molar-refractivity contribution in [2.75, 3.05) is 18.0 Å². The Balaban J connectivity index is 2.45. The van der Waals surface area contributed by atoms with Gasteiger partial charge in [-0.1, -0.05) is 22.0 Å². The van der Waals surface area contributed by atoms with E-state index >= 15 is 0 Å². The van der Waals surface area contributed by atoms with Gasteiger partial charge in [-0.2, -0.15) is 0 Å². The van der Waals surface area contributed by atoms with Crippen molar-refractivity contribution in [3.05, 3.63) is 28.7 Å². The van der Waals surface area contributed by atoms with Gasteiger partial charge >= 0.3 is 0 Å². The Morgan fingerprint density at radius 2 is 1.71 bits per heavy atom. The van der Waals surface area contributed by atoms with Gasteiger partial charge in [0.2, 0.25) is 0 Å². The van der Waals surface area contributed by atoms with Gasteiger partial charge in [0.1, 0.15) is 0 Å².